The molecule has 1 N–H and O–H groups in total. The minimum atomic E-state index is -0.459. The molecule has 0 atom stereocenters. The van der Waals surface area contributed by atoms with Crippen molar-refractivity contribution in [2.75, 3.05) is 20.3 Å². The van der Waals surface area contributed by atoms with Crippen LogP contribution >= 0.6 is 0 Å². The molecule has 0 aliphatic heterocycles. The van der Waals surface area contributed by atoms with Crippen LogP contribution < -0.4 is 5.46 Å². The van der Waals surface area contributed by atoms with Gasteiger partial charge in [-0.05, 0) is 31.4 Å². The fraction of sp³-hybridized carbons (Fsp3) is 0.462. The molecule has 104 valence electrons. The average molecular weight is 266 g/mol. The number of benzene rings is 1. The summed E-state index contributed by atoms with van der Waals surface area (Å²) in [7, 11) is 1.11. The van der Waals surface area contributed by atoms with E-state index in [4.69, 9.17) is 19.2 Å². The molecule has 0 amide bonds. The van der Waals surface area contributed by atoms with Gasteiger partial charge in [-0.15, -0.1) is 0 Å². The third-order valence-electron chi connectivity index (χ3n) is 2.35. The molecule has 0 saturated heterocycles. The molecule has 0 radical (unpaired) electrons. The lowest BCUT2D eigenvalue weighted by molar-refractivity contribution is 0.0433. The Labute approximate surface area is 113 Å². The fourth-order valence-electron chi connectivity index (χ4n) is 1.52. The molecule has 0 saturated carbocycles. The lowest BCUT2D eigenvalue weighted by atomic mass is 9.78. The van der Waals surface area contributed by atoms with Gasteiger partial charge in [0.2, 0.25) is 0 Å². The Morgan fingerprint density at radius 2 is 1.95 bits per heavy atom. The van der Waals surface area contributed by atoms with Crippen molar-refractivity contribution < 1.29 is 23.9 Å². The third-order valence-corrected chi connectivity index (χ3v) is 2.35. The number of ether oxygens (including phenoxy) is 1. The van der Waals surface area contributed by atoms with Crippen molar-refractivity contribution in [1.29, 1.82) is 0 Å². The van der Waals surface area contributed by atoms with Crippen molar-refractivity contribution in [3.63, 3.8) is 0 Å². The van der Waals surface area contributed by atoms with Gasteiger partial charge in [-0.2, -0.15) is 0 Å². The molecule has 1 aromatic rings. The van der Waals surface area contributed by atoms with Gasteiger partial charge in [0.15, 0.2) is 0 Å². The summed E-state index contributed by atoms with van der Waals surface area (Å²) in [5, 5.41) is 8.58. The van der Waals surface area contributed by atoms with Crippen LogP contribution in [0.2, 0.25) is 0 Å². The maximum Gasteiger partial charge on any atom is 0.493 e. The largest absolute Gasteiger partial charge is 0.493 e. The second-order valence-corrected chi connectivity index (χ2v) is 4.23. The van der Waals surface area contributed by atoms with Crippen LogP contribution in [-0.4, -0.2) is 44.6 Å². The van der Waals surface area contributed by atoms with Crippen molar-refractivity contribution in [3.05, 3.63) is 29.8 Å². The monoisotopic (exact) mass is 266 g/mol. The van der Waals surface area contributed by atoms with E-state index in [1.165, 1.54) is 0 Å². The van der Waals surface area contributed by atoms with Crippen LogP contribution in [0.5, 0.6) is 0 Å². The van der Waals surface area contributed by atoms with Gasteiger partial charge in [0, 0.05) is 13.2 Å². The minimum absolute atomic E-state index is 0.00224. The summed E-state index contributed by atoms with van der Waals surface area (Å²) in [6.07, 6.45) is 0.0409. The third kappa shape index (κ3) is 5.02. The van der Waals surface area contributed by atoms with Gasteiger partial charge in [-0.1, -0.05) is 12.1 Å². The van der Waals surface area contributed by atoms with Gasteiger partial charge >= 0.3 is 13.1 Å². The van der Waals surface area contributed by atoms with Crippen LogP contribution in [0.1, 0.15) is 24.2 Å². The second-order valence-electron chi connectivity index (χ2n) is 4.23. The summed E-state index contributed by atoms with van der Waals surface area (Å²) >= 11 is 0. The number of hydrogen-bond donors (Lipinski definition) is 1. The number of hydrogen-bond acceptors (Lipinski definition) is 5. The number of aliphatic hydroxyl groups excluding tert-OH is 1. The van der Waals surface area contributed by atoms with Crippen LogP contribution in [0.3, 0.4) is 0 Å². The van der Waals surface area contributed by atoms with Gasteiger partial charge < -0.3 is 19.2 Å². The number of carbonyl (C=O) groups is 1. The van der Waals surface area contributed by atoms with Crippen molar-refractivity contribution in [3.8, 4) is 0 Å². The zero-order valence-corrected chi connectivity index (χ0v) is 11.5. The normalized spacial score (nSPS) is 10.6. The van der Waals surface area contributed by atoms with Gasteiger partial charge in [-0.25, -0.2) is 4.79 Å². The molecule has 0 fully saturated rings. The lowest BCUT2D eigenvalue weighted by Gasteiger charge is -2.15. The molecule has 0 aliphatic carbocycles. The Morgan fingerprint density at radius 1 is 1.32 bits per heavy atom. The SMILES string of the molecule is COB(OC(C)C)c1ccc(C(=O)OCCO)cc1. The molecule has 0 spiro atoms. The molecular weight excluding hydrogens is 247 g/mol. The van der Waals surface area contributed by atoms with Crippen LogP contribution in [0.25, 0.3) is 0 Å². The first-order chi connectivity index (χ1) is 9.08. The zero-order valence-electron chi connectivity index (χ0n) is 11.5. The van der Waals surface area contributed by atoms with Crippen LogP contribution in [0.4, 0.5) is 0 Å². The van der Waals surface area contributed by atoms with Gasteiger partial charge in [0.25, 0.3) is 0 Å². The number of carbonyl (C=O) groups excluding carboxylic acids is 1. The topological polar surface area (TPSA) is 65.0 Å². The summed E-state index contributed by atoms with van der Waals surface area (Å²) in [6, 6.07) is 6.80. The van der Waals surface area contributed by atoms with Crippen molar-refractivity contribution in [1.82, 2.24) is 0 Å². The predicted molar refractivity (Wildman–Crippen MR) is 72.4 cm³/mol. The van der Waals surface area contributed by atoms with E-state index in [1.807, 2.05) is 13.8 Å². The second kappa shape index (κ2) is 7.94. The summed E-state index contributed by atoms with van der Waals surface area (Å²) in [4.78, 5) is 11.5. The Morgan fingerprint density at radius 3 is 2.42 bits per heavy atom. The quantitative estimate of drug-likeness (QED) is 0.578. The maximum absolute atomic E-state index is 11.5. The maximum atomic E-state index is 11.5. The predicted octanol–water partition coefficient (Wildman–Crippen LogP) is 0.602. The Hall–Kier alpha value is -1.37. The molecule has 6 heteroatoms. The summed E-state index contributed by atoms with van der Waals surface area (Å²) in [5.74, 6) is -0.459. The molecular formula is C13H19BO5. The summed E-state index contributed by atoms with van der Waals surface area (Å²) in [5.41, 5.74) is 1.26. The molecule has 0 aromatic heterocycles. The lowest BCUT2D eigenvalue weighted by Crippen LogP contribution is -2.38. The molecule has 0 bridgehead atoms. The van der Waals surface area contributed by atoms with E-state index in [-0.39, 0.29) is 19.3 Å². The highest BCUT2D eigenvalue weighted by Crippen LogP contribution is 2.03. The van der Waals surface area contributed by atoms with Crippen molar-refractivity contribution in [2.45, 2.75) is 20.0 Å². The first-order valence-corrected chi connectivity index (χ1v) is 6.14. The average Bonchev–Trinajstić information content (AvgIpc) is 2.42. The summed E-state index contributed by atoms with van der Waals surface area (Å²) < 4.78 is 15.6. The highest BCUT2D eigenvalue weighted by atomic mass is 16.6. The van der Waals surface area contributed by atoms with E-state index in [1.54, 1.807) is 31.4 Å². The van der Waals surface area contributed by atoms with E-state index in [9.17, 15) is 4.79 Å². The highest BCUT2D eigenvalue weighted by molar-refractivity contribution is 6.61. The van der Waals surface area contributed by atoms with Crippen molar-refractivity contribution >= 4 is 18.6 Å². The molecule has 19 heavy (non-hydrogen) atoms. The van der Waals surface area contributed by atoms with E-state index < -0.39 is 13.1 Å². The number of aliphatic hydroxyl groups is 1. The zero-order chi connectivity index (χ0) is 14.3. The first kappa shape index (κ1) is 15.7. The smallest absolute Gasteiger partial charge is 0.460 e. The van der Waals surface area contributed by atoms with E-state index in [0.29, 0.717) is 5.56 Å². The standard InChI is InChI=1S/C13H19BO5/c1-10(2)19-14(17-3)12-6-4-11(5-7-12)13(16)18-9-8-15/h4-7,10,15H,8-9H2,1-3H3. The Bertz CT molecular complexity index is 391. The molecule has 1 rings (SSSR count). The molecule has 0 heterocycles. The van der Waals surface area contributed by atoms with Crippen LogP contribution in [-0.2, 0) is 14.0 Å². The van der Waals surface area contributed by atoms with Gasteiger partial charge in [0.05, 0.1) is 12.2 Å². The Kier molecular flexibility index (Phi) is 6.55. The van der Waals surface area contributed by atoms with Gasteiger partial charge in [0.1, 0.15) is 6.61 Å². The molecule has 1 aromatic carbocycles. The number of rotatable bonds is 7. The molecule has 0 unspecified atom stereocenters. The van der Waals surface area contributed by atoms with Crippen LogP contribution in [0, 0.1) is 0 Å². The Balaban J connectivity index is 2.71. The van der Waals surface area contributed by atoms with E-state index in [2.05, 4.69) is 0 Å². The van der Waals surface area contributed by atoms with Crippen LogP contribution in [0.15, 0.2) is 24.3 Å². The molecule has 0 aliphatic rings. The number of esters is 1. The fourth-order valence-corrected chi connectivity index (χ4v) is 1.52. The summed E-state index contributed by atoms with van der Waals surface area (Å²) in [6.45, 7) is 3.66. The highest BCUT2D eigenvalue weighted by Gasteiger charge is 2.21. The molecule has 5 nitrogen and oxygen atoms in total. The van der Waals surface area contributed by atoms with Crippen molar-refractivity contribution in [2.24, 2.45) is 0 Å². The van der Waals surface area contributed by atoms with E-state index in [0.717, 1.165) is 5.46 Å². The van der Waals surface area contributed by atoms with E-state index >= 15 is 0 Å². The minimum Gasteiger partial charge on any atom is -0.460 e. The first-order valence-electron chi connectivity index (χ1n) is 6.14. The van der Waals surface area contributed by atoms with Gasteiger partial charge in [-0.3, -0.25) is 0 Å².